The van der Waals surface area contributed by atoms with Crippen LogP contribution in [0, 0.1) is 6.92 Å². The lowest BCUT2D eigenvalue weighted by Gasteiger charge is -2.05. The SMILES string of the molecule is Cc1ccccc1Cn1ccc(NC(=O)Cc2cccs2)n1. The molecule has 4 nitrogen and oxygen atoms in total. The molecule has 0 fully saturated rings. The standard InChI is InChI=1S/C17H17N3OS/c1-13-5-2-3-6-14(13)12-20-9-8-16(19-20)18-17(21)11-15-7-4-10-22-15/h2-10H,11-12H2,1H3,(H,18,19,21). The minimum absolute atomic E-state index is 0.0383. The van der Waals surface area contributed by atoms with Crippen LogP contribution in [0.25, 0.3) is 0 Å². The largest absolute Gasteiger partial charge is 0.309 e. The Hall–Kier alpha value is -2.40. The Morgan fingerprint density at radius 3 is 2.86 bits per heavy atom. The van der Waals surface area contributed by atoms with Gasteiger partial charge in [0.2, 0.25) is 5.91 Å². The summed E-state index contributed by atoms with van der Waals surface area (Å²) in [6, 6.07) is 14.0. The number of hydrogen-bond donors (Lipinski definition) is 1. The molecular weight excluding hydrogens is 294 g/mol. The zero-order valence-electron chi connectivity index (χ0n) is 12.3. The molecule has 0 aliphatic rings. The van der Waals surface area contributed by atoms with Crippen molar-refractivity contribution in [2.75, 3.05) is 5.32 Å². The van der Waals surface area contributed by atoms with Crippen molar-refractivity contribution >= 4 is 23.1 Å². The molecule has 0 radical (unpaired) electrons. The number of amides is 1. The first-order valence-corrected chi connectivity index (χ1v) is 7.99. The lowest BCUT2D eigenvalue weighted by molar-refractivity contribution is -0.115. The molecule has 0 aliphatic carbocycles. The molecule has 3 aromatic rings. The fourth-order valence-electron chi connectivity index (χ4n) is 2.24. The highest BCUT2D eigenvalue weighted by Gasteiger charge is 2.07. The number of hydrogen-bond acceptors (Lipinski definition) is 3. The molecule has 0 saturated heterocycles. The minimum atomic E-state index is -0.0383. The summed E-state index contributed by atoms with van der Waals surface area (Å²) in [7, 11) is 0. The summed E-state index contributed by atoms with van der Waals surface area (Å²) in [5.74, 6) is 0.554. The van der Waals surface area contributed by atoms with Crippen LogP contribution in [0.2, 0.25) is 0 Å². The van der Waals surface area contributed by atoms with Crippen molar-refractivity contribution in [2.45, 2.75) is 19.9 Å². The third kappa shape index (κ3) is 3.62. The molecule has 0 bridgehead atoms. The fourth-order valence-corrected chi connectivity index (χ4v) is 2.94. The van der Waals surface area contributed by atoms with Crippen molar-refractivity contribution < 1.29 is 4.79 Å². The Bertz CT molecular complexity index is 762. The van der Waals surface area contributed by atoms with Gasteiger partial charge >= 0.3 is 0 Å². The average molecular weight is 311 g/mol. The zero-order chi connectivity index (χ0) is 15.4. The van der Waals surface area contributed by atoms with Gasteiger partial charge in [-0.05, 0) is 29.5 Å². The lowest BCUT2D eigenvalue weighted by atomic mass is 10.1. The Morgan fingerprint density at radius 1 is 1.23 bits per heavy atom. The average Bonchev–Trinajstić information content (AvgIpc) is 3.14. The van der Waals surface area contributed by atoms with E-state index in [1.165, 1.54) is 11.1 Å². The second kappa shape index (κ2) is 6.58. The summed E-state index contributed by atoms with van der Waals surface area (Å²) in [4.78, 5) is 13.0. The third-order valence-electron chi connectivity index (χ3n) is 3.42. The van der Waals surface area contributed by atoms with Gasteiger partial charge in [0, 0.05) is 17.1 Å². The van der Waals surface area contributed by atoms with Crippen LogP contribution in [0.1, 0.15) is 16.0 Å². The molecule has 22 heavy (non-hydrogen) atoms. The Balaban J connectivity index is 1.61. The van der Waals surface area contributed by atoms with Crippen molar-refractivity contribution in [1.29, 1.82) is 0 Å². The molecule has 0 atom stereocenters. The van der Waals surface area contributed by atoms with Crippen LogP contribution in [0.15, 0.2) is 54.0 Å². The Morgan fingerprint density at radius 2 is 2.09 bits per heavy atom. The Kier molecular flexibility index (Phi) is 4.34. The van der Waals surface area contributed by atoms with E-state index < -0.39 is 0 Å². The van der Waals surface area contributed by atoms with Gasteiger partial charge in [-0.25, -0.2) is 0 Å². The highest BCUT2D eigenvalue weighted by atomic mass is 32.1. The predicted molar refractivity (Wildman–Crippen MR) is 89.2 cm³/mol. The summed E-state index contributed by atoms with van der Waals surface area (Å²) in [5.41, 5.74) is 2.46. The molecular formula is C17H17N3OS. The molecule has 112 valence electrons. The monoisotopic (exact) mass is 311 g/mol. The molecule has 0 saturated carbocycles. The lowest BCUT2D eigenvalue weighted by Crippen LogP contribution is -2.14. The number of aryl methyl sites for hydroxylation is 1. The van der Waals surface area contributed by atoms with Crippen LogP contribution in [0.4, 0.5) is 5.82 Å². The van der Waals surface area contributed by atoms with Gasteiger partial charge in [-0.15, -0.1) is 11.3 Å². The fraction of sp³-hybridized carbons (Fsp3) is 0.176. The van der Waals surface area contributed by atoms with Crippen LogP contribution in [-0.4, -0.2) is 15.7 Å². The van der Waals surface area contributed by atoms with E-state index in [-0.39, 0.29) is 5.91 Å². The van der Waals surface area contributed by atoms with Gasteiger partial charge in [0.05, 0.1) is 13.0 Å². The number of rotatable bonds is 5. The molecule has 0 spiro atoms. The van der Waals surface area contributed by atoms with E-state index in [0.717, 1.165) is 4.88 Å². The van der Waals surface area contributed by atoms with Gasteiger partial charge < -0.3 is 5.32 Å². The number of nitrogens with zero attached hydrogens (tertiary/aromatic N) is 2. The van der Waals surface area contributed by atoms with Crippen LogP contribution in [0.3, 0.4) is 0 Å². The van der Waals surface area contributed by atoms with Crippen LogP contribution in [0.5, 0.6) is 0 Å². The molecule has 2 aromatic heterocycles. The van der Waals surface area contributed by atoms with E-state index in [0.29, 0.717) is 18.8 Å². The molecule has 0 unspecified atom stereocenters. The quantitative estimate of drug-likeness (QED) is 0.784. The van der Waals surface area contributed by atoms with Gasteiger partial charge in [-0.1, -0.05) is 30.3 Å². The van der Waals surface area contributed by atoms with E-state index in [4.69, 9.17) is 0 Å². The molecule has 1 aromatic carbocycles. The van der Waals surface area contributed by atoms with E-state index in [1.807, 2.05) is 46.6 Å². The molecule has 5 heteroatoms. The highest BCUT2D eigenvalue weighted by molar-refractivity contribution is 7.10. The van der Waals surface area contributed by atoms with Gasteiger partial charge in [0.25, 0.3) is 0 Å². The summed E-state index contributed by atoms with van der Waals surface area (Å²) >= 11 is 1.58. The molecule has 3 rings (SSSR count). The molecule has 1 amide bonds. The smallest absolute Gasteiger partial charge is 0.230 e. The molecule has 1 N–H and O–H groups in total. The zero-order valence-corrected chi connectivity index (χ0v) is 13.1. The first kappa shape index (κ1) is 14.5. The minimum Gasteiger partial charge on any atom is -0.309 e. The van der Waals surface area contributed by atoms with E-state index in [1.54, 1.807) is 11.3 Å². The van der Waals surface area contributed by atoms with E-state index >= 15 is 0 Å². The van der Waals surface area contributed by atoms with Crippen LogP contribution >= 0.6 is 11.3 Å². The number of thiophene rings is 1. The first-order chi connectivity index (χ1) is 10.7. The number of benzene rings is 1. The van der Waals surface area contributed by atoms with Crippen LogP contribution < -0.4 is 5.32 Å². The predicted octanol–water partition coefficient (Wildman–Crippen LogP) is 3.48. The second-order valence-corrected chi connectivity index (χ2v) is 6.16. The normalized spacial score (nSPS) is 10.6. The Labute approximate surface area is 133 Å². The first-order valence-electron chi connectivity index (χ1n) is 7.11. The van der Waals surface area contributed by atoms with Gasteiger partial charge in [0.15, 0.2) is 5.82 Å². The summed E-state index contributed by atoms with van der Waals surface area (Å²) in [6.45, 7) is 2.79. The van der Waals surface area contributed by atoms with Gasteiger partial charge in [-0.2, -0.15) is 5.10 Å². The number of aromatic nitrogens is 2. The maximum absolute atomic E-state index is 11.9. The number of carbonyl (C=O) groups excluding carboxylic acids is 1. The van der Waals surface area contributed by atoms with Crippen molar-refractivity contribution in [2.24, 2.45) is 0 Å². The number of anilines is 1. The van der Waals surface area contributed by atoms with Crippen molar-refractivity contribution in [3.8, 4) is 0 Å². The molecule has 2 heterocycles. The van der Waals surface area contributed by atoms with E-state index in [9.17, 15) is 4.79 Å². The van der Waals surface area contributed by atoms with Crippen molar-refractivity contribution in [1.82, 2.24) is 9.78 Å². The third-order valence-corrected chi connectivity index (χ3v) is 4.29. The van der Waals surface area contributed by atoms with Gasteiger partial charge in [-0.3, -0.25) is 9.48 Å². The van der Waals surface area contributed by atoms with Crippen molar-refractivity contribution in [3.05, 3.63) is 70.0 Å². The summed E-state index contributed by atoms with van der Waals surface area (Å²) in [6.07, 6.45) is 2.27. The second-order valence-electron chi connectivity index (χ2n) is 5.13. The highest BCUT2D eigenvalue weighted by Crippen LogP contribution is 2.12. The topological polar surface area (TPSA) is 46.9 Å². The number of carbonyl (C=O) groups is 1. The van der Waals surface area contributed by atoms with Crippen molar-refractivity contribution in [3.63, 3.8) is 0 Å². The summed E-state index contributed by atoms with van der Waals surface area (Å²) in [5, 5.41) is 9.21. The van der Waals surface area contributed by atoms with Crippen LogP contribution in [-0.2, 0) is 17.8 Å². The van der Waals surface area contributed by atoms with Gasteiger partial charge in [0.1, 0.15) is 0 Å². The van der Waals surface area contributed by atoms with E-state index in [2.05, 4.69) is 29.5 Å². The molecule has 0 aliphatic heterocycles. The maximum Gasteiger partial charge on any atom is 0.230 e. The number of nitrogens with one attached hydrogen (secondary N) is 1. The summed E-state index contributed by atoms with van der Waals surface area (Å²) < 4.78 is 1.84. The maximum atomic E-state index is 11.9.